The second-order valence-electron chi connectivity index (χ2n) is 7.09. The van der Waals surface area contributed by atoms with E-state index >= 15 is 0 Å². The number of hydrogen-bond donors (Lipinski definition) is 1. The minimum absolute atomic E-state index is 0.119. The number of nitrogens with zero attached hydrogens (tertiary/aromatic N) is 3. The molecule has 0 atom stereocenters. The molecule has 1 aromatic rings. The molecule has 0 saturated heterocycles. The number of nitrogen functional groups attached to an aromatic ring is 1. The Balaban J connectivity index is 1.71. The molecule has 4 bridgehead atoms. The van der Waals surface area contributed by atoms with Crippen molar-refractivity contribution in [2.24, 2.45) is 23.2 Å². The molecule has 0 unspecified atom stereocenters. The number of carbonyl (C=O) groups is 1. The summed E-state index contributed by atoms with van der Waals surface area (Å²) in [5.74, 6) is 3.32. The summed E-state index contributed by atoms with van der Waals surface area (Å²) in [6, 6.07) is 0. The molecule has 0 aliphatic heterocycles. The first-order valence-electron chi connectivity index (χ1n) is 7.57. The van der Waals surface area contributed by atoms with Gasteiger partial charge in [-0.3, -0.25) is 4.79 Å². The lowest BCUT2D eigenvalue weighted by Gasteiger charge is -2.55. The van der Waals surface area contributed by atoms with Gasteiger partial charge in [0.05, 0.1) is 0 Å². The maximum absolute atomic E-state index is 13.0. The Kier molecular flexibility index (Phi) is 2.44. The zero-order valence-electron chi connectivity index (χ0n) is 11.8. The van der Waals surface area contributed by atoms with Crippen molar-refractivity contribution >= 4 is 11.7 Å². The van der Waals surface area contributed by atoms with Crippen molar-refractivity contribution in [2.45, 2.75) is 45.4 Å². The monoisotopic (exact) mass is 272 g/mol. The number of rotatable bonds is 2. The first-order valence-corrected chi connectivity index (χ1v) is 7.57. The minimum atomic E-state index is -0.199. The molecular weight excluding hydrogens is 252 g/mol. The van der Waals surface area contributed by atoms with Crippen LogP contribution in [0.15, 0.2) is 0 Å². The summed E-state index contributed by atoms with van der Waals surface area (Å²) in [5.41, 5.74) is 5.47. The highest BCUT2D eigenvalue weighted by atomic mass is 16.1. The number of hydrogen-bond acceptors (Lipinski definition) is 5. The first-order chi connectivity index (χ1) is 9.54. The molecule has 106 valence electrons. The lowest BCUT2D eigenvalue weighted by atomic mass is 9.48. The predicted octanol–water partition coefficient (Wildman–Crippen LogP) is 2.16. The van der Waals surface area contributed by atoms with E-state index in [-0.39, 0.29) is 23.0 Å². The molecule has 4 aliphatic carbocycles. The van der Waals surface area contributed by atoms with Crippen molar-refractivity contribution in [1.82, 2.24) is 15.0 Å². The van der Waals surface area contributed by atoms with Crippen LogP contribution >= 0.6 is 0 Å². The molecule has 20 heavy (non-hydrogen) atoms. The molecule has 4 saturated carbocycles. The van der Waals surface area contributed by atoms with Gasteiger partial charge < -0.3 is 5.73 Å². The van der Waals surface area contributed by atoms with Gasteiger partial charge in [0, 0.05) is 5.41 Å². The lowest BCUT2D eigenvalue weighted by Crippen LogP contribution is -2.50. The molecular formula is C15H20N4O. The van der Waals surface area contributed by atoms with Gasteiger partial charge in [-0.25, -0.2) is 4.98 Å². The normalized spacial score (nSPS) is 38.1. The van der Waals surface area contributed by atoms with Gasteiger partial charge in [-0.1, -0.05) is 0 Å². The third-order valence-corrected chi connectivity index (χ3v) is 5.49. The fraction of sp³-hybridized carbons (Fsp3) is 0.733. The van der Waals surface area contributed by atoms with Crippen LogP contribution in [0.4, 0.5) is 5.95 Å². The van der Waals surface area contributed by atoms with Gasteiger partial charge in [0.25, 0.3) is 0 Å². The number of anilines is 1. The Morgan fingerprint density at radius 1 is 1.05 bits per heavy atom. The Morgan fingerprint density at radius 2 is 1.60 bits per heavy atom. The lowest BCUT2D eigenvalue weighted by molar-refractivity contribution is -0.0358. The minimum Gasteiger partial charge on any atom is -0.368 e. The van der Waals surface area contributed by atoms with E-state index in [1.807, 2.05) is 0 Å². The van der Waals surface area contributed by atoms with E-state index in [1.165, 1.54) is 19.3 Å². The van der Waals surface area contributed by atoms with E-state index in [0.717, 1.165) is 37.0 Å². The van der Waals surface area contributed by atoms with Gasteiger partial charge in [0.1, 0.15) is 5.82 Å². The summed E-state index contributed by atoms with van der Waals surface area (Å²) < 4.78 is 0. The summed E-state index contributed by atoms with van der Waals surface area (Å²) in [4.78, 5) is 25.3. The molecule has 1 heterocycles. The van der Waals surface area contributed by atoms with Crippen LogP contribution in [0.1, 0.15) is 55.0 Å². The van der Waals surface area contributed by atoms with Crippen LogP contribution in [0, 0.1) is 30.1 Å². The molecule has 5 rings (SSSR count). The van der Waals surface area contributed by atoms with Gasteiger partial charge >= 0.3 is 0 Å². The van der Waals surface area contributed by atoms with Crippen molar-refractivity contribution in [3.8, 4) is 0 Å². The fourth-order valence-corrected chi connectivity index (χ4v) is 5.23. The topological polar surface area (TPSA) is 81.8 Å². The van der Waals surface area contributed by atoms with Crippen LogP contribution in [0.3, 0.4) is 0 Å². The summed E-state index contributed by atoms with van der Waals surface area (Å²) in [7, 11) is 0. The number of carbonyl (C=O) groups excluding carboxylic acids is 1. The molecule has 1 aromatic heterocycles. The third-order valence-electron chi connectivity index (χ3n) is 5.49. The van der Waals surface area contributed by atoms with Crippen LogP contribution < -0.4 is 5.73 Å². The maximum atomic E-state index is 13.0. The van der Waals surface area contributed by atoms with E-state index in [2.05, 4.69) is 15.0 Å². The molecule has 0 spiro atoms. The largest absolute Gasteiger partial charge is 0.368 e. The molecule has 0 radical (unpaired) electrons. The molecule has 4 fully saturated rings. The summed E-state index contributed by atoms with van der Waals surface area (Å²) in [5, 5.41) is 0. The Labute approximate surface area is 118 Å². The van der Waals surface area contributed by atoms with Crippen LogP contribution in [0.2, 0.25) is 0 Å². The third kappa shape index (κ3) is 1.75. The van der Waals surface area contributed by atoms with E-state index in [4.69, 9.17) is 5.73 Å². The highest BCUT2D eigenvalue weighted by molar-refractivity contribution is 5.97. The number of nitrogens with two attached hydrogens (primary N) is 1. The molecule has 2 N–H and O–H groups in total. The molecule has 5 nitrogen and oxygen atoms in total. The summed E-state index contributed by atoms with van der Waals surface area (Å²) in [6.45, 7) is 1.76. The number of Topliss-reactive ketones (excluding diaryl/α,β-unsaturated/α-hetero) is 1. The number of ketones is 1. The Bertz CT molecular complexity index is 528. The standard InChI is InChI=1S/C15H20N4O/c1-8-17-13(19-14(16)18-8)12(20)15-5-9-2-10(6-15)4-11(3-9)7-15/h9-11H,2-7H2,1H3,(H2,16,17,18,19). The van der Waals surface area contributed by atoms with Crippen LogP contribution in [0.25, 0.3) is 0 Å². The van der Waals surface area contributed by atoms with E-state index in [9.17, 15) is 4.79 Å². The van der Waals surface area contributed by atoms with Crippen molar-refractivity contribution in [1.29, 1.82) is 0 Å². The van der Waals surface area contributed by atoms with E-state index in [0.29, 0.717) is 5.82 Å². The number of aryl methyl sites for hydroxylation is 1. The highest BCUT2D eigenvalue weighted by Gasteiger charge is 2.55. The SMILES string of the molecule is Cc1nc(N)nc(C(=O)C23CC4CC(CC(C4)C2)C3)n1. The second kappa shape index (κ2) is 3.99. The molecule has 0 amide bonds. The van der Waals surface area contributed by atoms with Gasteiger partial charge in [-0.05, 0) is 63.2 Å². The van der Waals surface area contributed by atoms with Crippen molar-refractivity contribution in [3.05, 3.63) is 11.6 Å². The zero-order chi connectivity index (χ0) is 13.9. The van der Waals surface area contributed by atoms with Gasteiger partial charge in [-0.2, -0.15) is 9.97 Å². The molecule has 5 heteroatoms. The van der Waals surface area contributed by atoms with E-state index in [1.54, 1.807) is 6.92 Å². The van der Waals surface area contributed by atoms with Crippen LogP contribution in [-0.2, 0) is 0 Å². The smallest absolute Gasteiger partial charge is 0.223 e. The Hall–Kier alpha value is -1.52. The quantitative estimate of drug-likeness (QED) is 0.834. The summed E-state index contributed by atoms with van der Waals surface area (Å²) in [6.07, 6.45) is 7.06. The Morgan fingerprint density at radius 3 is 2.10 bits per heavy atom. The fourth-order valence-electron chi connectivity index (χ4n) is 5.23. The average molecular weight is 272 g/mol. The molecule has 0 aromatic carbocycles. The van der Waals surface area contributed by atoms with Crippen LogP contribution in [0.5, 0.6) is 0 Å². The highest BCUT2D eigenvalue weighted by Crippen LogP contribution is 2.60. The average Bonchev–Trinajstić information content (AvgIpc) is 2.35. The summed E-state index contributed by atoms with van der Waals surface area (Å²) >= 11 is 0. The number of aromatic nitrogens is 3. The van der Waals surface area contributed by atoms with Crippen molar-refractivity contribution in [2.75, 3.05) is 5.73 Å². The predicted molar refractivity (Wildman–Crippen MR) is 73.9 cm³/mol. The van der Waals surface area contributed by atoms with Gasteiger partial charge in [0.2, 0.25) is 17.6 Å². The zero-order valence-corrected chi connectivity index (χ0v) is 11.8. The molecule has 4 aliphatic rings. The second-order valence-corrected chi connectivity index (χ2v) is 7.09. The van der Waals surface area contributed by atoms with Crippen molar-refractivity contribution in [3.63, 3.8) is 0 Å². The van der Waals surface area contributed by atoms with Crippen LogP contribution in [-0.4, -0.2) is 20.7 Å². The van der Waals surface area contributed by atoms with Gasteiger partial charge in [-0.15, -0.1) is 0 Å². The van der Waals surface area contributed by atoms with E-state index < -0.39 is 0 Å². The maximum Gasteiger partial charge on any atom is 0.223 e. The van der Waals surface area contributed by atoms with Crippen molar-refractivity contribution < 1.29 is 4.79 Å². The first kappa shape index (κ1) is 12.2. The van der Waals surface area contributed by atoms with Gasteiger partial charge in [0.15, 0.2) is 0 Å².